The van der Waals surface area contributed by atoms with Gasteiger partial charge in [-0.2, -0.15) is 23.5 Å². The molecule has 1 N–H and O–H groups in total. The average molecular weight is 315 g/mol. The Hall–Kier alpha value is -0.390. The van der Waals surface area contributed by atoms with E-state index in [1.807, 2.05) is 35.7 Å². The Balaban J connectivity index is 2.32. The Labute approximate surface area is 129 Å². The fourth-order valence-corrected chi connectivity index (χ4v) is 5.50. The van der Waals surface area contributed by atoms with Gasteiger partial charge in [-0.25, -0.2) is 4.39 Å². The third-order valence-corrected chi connectivity index (χ3v) is 6.73. The van der Waals surface area contributed by atoms with Crippen molar-refractivity contribution in [2.24, 2.45) is 0 Å². The molecule has 2 rings (SSSR count). The van der Waals surface area contributed by atoms with Crippen molar-refractivity contribution in [2.45, 2.75) is 30.4 Å². The predicted octanol–water partition coefficient (Wildman–Crippen LogP) is 3.72. The molecule has 3 atom stereocenters. The van der Waals surface area contributed by atoms with Crippen LogP contribution in [-0.4, -0.2) is 35.7 Å². The molecule has 112 valence electrons. The molecule has 5 heteroatoms. The van der Waals surface area contributed by atoms with Crippen molar-refractivity contribution in [1.82, 2.24) is 5.32 Å². The standard InChI is InChI=1S/C15H22FNOS2/c1-4-17-14(15-10(2)19-8-9-20-15)11-6-5-7-12(18-3)13(11)16/h5-7,10,14-15,17H,4,8-9H2,1-3H3. The van der Waals surface area contributed by atoms with Crippen molar-refractivity contribution < 1.29 is 9.13 Å². The Morgan fingerprint density at radius 3 is 2.80 bits per heavy atom. The molecule has 0 bridgehead atoms. The van der Waals surface area contributed by atoms with Crippen molar-refractivity contribution in [3.8, 4) is 5.75 Å². The van der Waals surface area contributed by atoms with Crippen LogP contribution in [0.25, 0.3) is 0 Å². The number of halogens is 1. The van der Waals surface area contributed by atoms with E-state index in [4.69, 9.17) is 4.74 Å². The highest BCUT2D eigenvalue weighted by Gasteiger charge is 2.32. The van der Waals surface area contributed by atoms with Crippen LogP contribution in [0.2, 0.25) is 0 Å². The average Bonchev–Trinajstić information content (AvgIpc) is 2.46. The zero-order valence-electron chi connectivity index (χ0n) is 12.2. The number of ether oxygens (including phenoxy) is 1. The van der Waals surface area contributed by atoms with Gasteiger partial charge in [-0.05, 0) is 12.6 Å². The first-order chi connectivity index (χ1) is 9.69. The van der Waals surface area contributed by atoms with Crippen molar-refractivity contribution in [2.75, 3.05) is 25.2 Å². The summed E-state index contributed by atoms with van der Waals surface area (Å²) in [6.07, 6.45) is 0. The maximum absolute atomic E-state index is 14.5. The molecule has 1 aromatic carbocycles. The number of thioether (sulfide) groups is 2. The maximum atomic E-state index is 14.5. The highest BCUT2D eigenvalue weighted by Crippen LogP contribution is 2.40. The minimum Gasteiger partial charge on any atom is -0.494 e. The summed E-state index contributed by atoms with van der Waals surface area (Å²) in [7, 11) is 1.51. The van der Waals surface area contributed by atoms with Gasteiger partial charge in [0.1, 0.15) is 0 Å². The van der Waals surface area contributed by atoms with Gasteiger partial charge in [0.15, 0.2) is 11.6 Å². The van der Waals surface area contributed by atoms with Crippen molar-refractivity contribution in [3.05, 3.63) is 29.6 Å². The lowest BCUT2D eigenvalue weighted by Crippen LogP contribution is -2.38. The molecular formula is C15H22FNOS2. The molecule has 1 saturated heterocycles. The van der Waals surface area contributed by atoms with E-state index in [1.165, 1.54) is 12.9 Å². The number of nitrogens with one attached hydrogen (secondary N) is 1. The molecule has 1 heterocycles. The van der Waals surface area contributed by atoms with Crippen LogP contribution >= 0.6 is 23.5 Å². The zero-order valence-corrected chi connectivity index (χ0v) is 13.8. The topological polar surface area (TPSA) is 21.3 Å². The van der Waals surface area contributed by atoms with Crippen LogP contribution in [0.3, 0.4) is 0 Å². The lowest BCUT2D eigenvalue weighted by molar-refractivity contribution is 0.378. The monoisotopic (exact) mass is 315 g/mol. The van der Waals surface area contributed by atoms with Gasteiger partial charge < -0.3 is 10.1 Å². The van der Waals surface area contributed by atoms with Gasteiger partial charge in [0.05, 0.1) is 7.11 Å². The highest BCUT2D eigenvalue weighted by atomic mass is 32.2. The van der Waals surface area contributed by atoms with Crippen LogP contribution < -0.4 is 10.1 Å². The normalized spacial score (nSPS) is 24.4. The van der Waals surface area contributed by atoms with Crippen molar-refractivity contribution in [3.63, 3.8) is 0 Å². The Morgan fingerprint density at radius 2 is 2.15 bits per heavy atom. The van der Waals surface area contributed by atoms with Gasteiger partial charge in [0.2, 0.25) is 0 Å². The van der Waals surface area contributed by atoms with E-state index in [0.29, 0.717) is 16.2 Å². The van der Waals surface area contributed by atoms with Crippen LogP contribution in [0.4, 0.5) is 4.39 Å². The summed E-state index contributed by atoms with van der Waals surface area (Å²) in [5, 5.41) is 4.36. The summed E-state index contributed by atoms with van der Waals surface area (Å²) in [5.74, 6) is 2.41. The van der Waals surface area contributed by atoms with E-state index < -0.39 is 0 Å². The fraction of sp³-hybridized carbons (Fsp3) is 0.600. The van der Waals surface area contributed by atoms with Gasteiger partial charge in [-0.3, -0.25) is 0 Å². The molecule has 3 unspecified atom stereocenters. The minimum atomic E-state index is -0.232. The van der Waals surface area contributed by atoms with E-state index in [2.05, 4.69) is 19.2 Å². The van der Waals surface area contributed by atoms with Gasteiger partial charge in [-0.15, -0.1) is 0 Å². The quantitative estimate of drug-likeness (QED) is 0.893. The minimum absolute atomic E-state index is 0.0305. The molecule has 1 fully saturated rings. The second-order valence-corrected chi connectivity index (χ2v) is 7.58. The van der Waals surface area contributed by atoms with Gasteiger partial charge >= 0.3 is 0 Å². The molecule has 0 spiro atoms. The van der Waals surface area contributed by atoms with E-state index in [1.54, 1.807) is 6.07 Å². The largest absolute Gasteiger partial charge is 0.494 e. The molecule has 0 radical (unpaired) electrons. The Kier molecular flexibility index (Phi) is 6.05. The summed E-state index contributed by atoms with van der Waals surface area (Å²) in [5.41, 5.74) is 0.720. The van der Waals surface area contributed by atoms with Crippen LogP contribution in [0.5, 0.6) is 5.75 Å². The van der Waals surface area contributed by atoms with Crippen LogP contribution in [0.15, 0.2) is 18.2 Å². The molecule has 20 heavy (non-hydrogen) atoms. The molecule has 1 aliphatic rings. The third-order valence-electron chi connectivity index (χ3n) is 3.54. The molecular weight excluding hydrogens is 293 g/mol. The third kappa shape index (κ3) is 3.43. The van der Waals surface area contributed by atoms with Gasteiger partial charge in [-0.1, -0.05) is 26.0 Å². The first kappa shape index (κ1) is 16.0. The first-order valence-electron chi connectivity index (χ1n) is 6.98. The SMILES string of the molecule is CCNC(c1cccc(OC)c1F)C1SCCSC1C. The molecule has 0 amide bonds. The summed E-state index contributed by atoms with van der Waals surface area (Å²) in [4.78, 5) is 0. The fourth-order valence-electron chi connectivity index (χ4n) is 2.56. The second kappa shape index (κ2) is 7.57. The van der Waals surface area contributed by atoms with Crippen molar-refractivity contribution >= 4 is 23.5 Å². The number of rotatable bonds is 5. The predicted molar refractivity (Wildman–Crippen MR) is 87.5 cm³/mol. The number of hydrogen-bond acceptors (Lipinski definition) is 4. The summed E-state index contributed by atoms with van der Waals surface area (Å²) in [6, 6.07) is 5.45. The van der Waals surface area contributed by atoms with Crippen LogP contribution in [-0.2, 0) is 0 Å². The van der Waals surface area contributed by atoms with Gasteiger partial charge in [0, 0.05) is 33.6 Å². The van der Waals surface area contributed by atoms with E-state index in [9.17, 15) is 4.39 Å². The maximum Gasteiger partial charge on any atom is 0.169 e. The summed E-state index contributed by atoms with van der Waals surface area (Å²) in [6.45, 7) is 5.13. The molecule has 0 saturated carbocycles. The van der Waals surface area contributed by atoms with Crippen LogP contribution in [0.1, 0.15) is 25.5 Å². The van der Waals surface area contributed by atoms with Crippen LogP contribution in [0, 0.1) is 5.82 Å². The lowest BCUT2D eigenvalue weighted by Gasteiger charge is -2.35. The molecule has 0 aromatic heterocycles. The first-order valence-corrected chi connectivity index (χ1v) is 9.07. The Morgan fingerprint density at radius 1 is 1.40 bits per heavy atom. The number of methoxy groups -OCH3 is 1. The summed E-state index contributed by atoms with van der Waals surface area (Å²) < 4.78 is 19.7. The molecule has 1 aromatic rings. The molecule has 2 nitrogen and oxygen atoms in total. The molecule has 0 aliphatic carbocycles. The van der Waals surface area contributed by atoms with Crippen molar-refractivity contribution in [1.29, 1.82) is 0 Å². The molecule has 1 aliphatic heterocycles. The smallest absolute Gasteiger partial charge is 0.169 e. The second-order valence-electron chi connectivity index (χ2n) is 4.81. The zero-order chi connectivity index (χ0) is 14.5. The van der Waals surface area contributed by atoms with Gasteiger partial charge in [0.25, 0.3) is 0 Å². The number of benzene rings is 1. The summed E-state index contributed by atoms with van der Waals surface area (Å²) >= 11 is 3.92. The number of hydrogen-bond donors (Lipinski definition) is 1. The van der Waals surface area contributed by atoms with E-state index in [0.717, 1.165) is 17.9 Å². The van der Waals surface area contributed by atoms with E-state index in [-0.39, 0.29) is 11.9 Å². The highest BCUT2D eigenvalue weighted by molar-refractivity contribution is 8.07. The Bertz CT molecular complexity index is 444. The lowest BCUT2D eigenvalue weighted by atomic mass is 10.0. The van der Waals surface area contributed by atoms with E-state index >= 15 is 0 Å².